The van der Waals surface area contributed by atoms with E-state index in [2.05, 4.69) is 15.0 Å². The van der Waals surface area contributed by atoms with Crippen LogP contribution >= 0.6 is 0 Å². The number of rotatable bonds is 6. The van der Waals surface area contributed by atoms with E-state index in [4.69, 9.17) is 0 Å². The van der Waals surface area contributed by atoms with E-state index in [1.807, 2.05) is 18.2 Å². The van der Waals surface area contributed by atoms with Crippen molar-refractivity contribution in [2.45, 2.75) is 11.4 Å². The lowest BCUT2D eigenvalue weighted by molar-refractivity contribution is -0.116. The Kier molecular flexibility index (Phi) is 5.61. The molecule has 0 aliphatic carbocycles. The van der Waals surface area contributed by atoms with Gasteiger partial charge in [0.05, 0.1) is 17.1 Å². The van der Waals surface area contributed by atoms with Gasteiger partial charge in [0.15, 0.2) is 0 Å². The van der Waals surface area contributed by atoms with Crippen LogP contribution in [0.15, 0.2) is 59.6 Å². The normalized spacial score (nSPS) is 11.5. The molecule has 0 aliphatic rings. The zero-order valence-corrected chi connectivity index (χ0v) is 13.4. The number of nitrogens with one attached hydrogen (secondary N) is 2. The molecule has 6 nitrogen and oxygen atoms in total. The number of hydrogen-bond donors (Lipinski definition) is 2. The number of nitrogens with zero attached hydrogens (tertiary/aromatic N) is 1. The van der Waals surface area contributed by atoms with Crippen molar-refractivity contribution in [1.29, 1.82) is 0 Å². The molecule has 0 fully saturated rings. The molecular weight excluding hydrogens is 314 g/mol. The molecule has 23 heavy (non-hydrogen) atoms. The quantitative estimate of drug-likeness (QED) is 0.782. The molecule has 1 aromatic carbocycles. The molecular formula is C16H17N3O3S. The van der Waals surface area contributed by atoms with Crippen molar-refractivity contribution < 1.29 is 13.2 Å². The molecule has 2 rings (SSSR count). The van der Waals surface area contributed by atoms with E-state index in [0.29, 0.717) is 6.54 Å². The van der Waals surface area contributed by atoms with E-state index in [1.165, 1.54) is 25.3 Å². The minimum Gasteiger partial charge on any atom is -0.347 e. The highest BCUT2D eigenvalue weighted by Crippen LogP contribution is 2.11. The summed E-state index contributed by atoms with van der Waals surface area (Å²) in [5.74, 6) is -0.248. The van der Waals surface area contributed by atoms with Crippen molar-refractivity contribution in [2.24, 2.45) is 0 Å². The van der Waals surface area contributed by atoms with E-state index in [9.17, 15) is 13.2 Å². The fraction of sp³-hybridized carbons (Fsp3) is 0.125. The van der Waals surface area contributed by atoms with Crippen molar-refractivity contribution in [3.63, 3.8) is 0 Å². The standard InChI is InChI=1S/C16H17N3O3S/c1-17-23(21,22)15-8-5-13(6-9-15)7-10-16(20)19-12-14-4-2-3-11-18-14/h2-11,17H,12H2,1H3,(H,19,20)/b10-7+. The number of pyridine rings is 1. The molecule has 2 N–H and O–H groups in total. The number of carbonyl (C=O) groups excluding carboxylic acids is 1. The molecule has 2 aromatic rings. The zero-order valence-electron chi connectivity index (χ0n) is 12.6. The zero-order chi connectivity index (χ0) is 16.7. The van der Waals surface area contributed by atoms with Gasteiger partial charge in [-0.15, -0.1) is 0 Å². The highest BCUT2D eigenvalue weighted by atomic mass is 32.2. The van der Waals surface area contributed by atoms with Gasteiger partial charge in [-0.25, -0.2) is 13.1 Å². The maximum atomic E-state index is 11.7. The number of amides is 1. The average Bonchev–Trinajstić information content (AvgIpc) is 2.59. The second-order valence-electron chi connectivity index (χ2n) is 4.65. The first-order valence-corrected chi connectivity index (χ1v) is 8.39. The lowest BCUT2D eigenvalue weighted by Crippen LogP contribution is -2.20. The summed E-state index contributed by atoms with van der Waals surface area (Å²) < 4.78 is 25.4. The first kappa shape index (κ1) is 16.9. The summed E-state index contributed by atoms with van der Waals surface area (Å²) in [6, 6.07) is 11.7. The first-order chi connectivity index (χ1) is 11.0. The van der Waals surface area contributed by atoms with Gasteiger partial charge in [-0.1, -0.05) is 18.2 Å². The molecule has 1 heterocycles. The van der Waals surface area contributed by atoms with Crippen molar-refractivity contribution in [3.8, 4) is 0 Å². The fourth-order valence-corrected chi connectivity index (χ4v) is 2.52. The van der Waals surface area contributed by atoms with Crippen molar-refractivity contribution in [3.05, 3.63) is 66.0 Å². The van der Waals surface area contributed by atoms with Gasteiger partial charge in [0.1, 0.15) is 0 Å². The van der Waals surface area contributed by atoms with Gasteiger partial charge >= 0.3 is 0 Å². The second kappa shape index (κ2) is 7.66. The van der Waals surface area contributed by atoms with Gasteiger partial charge in [-0.3, -0.25) is 9.78 Å². The summed E-state index contributed by atoms with van der Waals surface area (Å²) in [5, 5.41) is 2.72. The molecule has 1 aromatic heterocycles. The molecule has 0 aliphatic heterocycles. The van der Waals surface area contributed by atoms with Gasteiger partial charge < -0.3 is 5.32 Å². The predicted octanol–water partition coefficient (Wildman–Crippen LogP) is 1.32. The van der Waals surface area contributed by atoms with Crippen LogP contribution in [0.3, 0.4) is 0 Å². The van der Waals surface area contributed by atoms with Crippen LogP contribution in [-0.4, -0.2) is 26.4 Å². The predicted molar refractivity (Wildman–Crippen MR) is 87.8 cm³/mol. The number of aromatic nitrogens is 1. The number of hydrogen-bond acceptors (Lipinski definition) is 4. The topological polar surface area (TPSA) is 88.2 Å². The van der Waals surface area contributed by atoms with Crippen LogP contribution in [0, 0.1) is 0 Å². The Balaban J connectivity index is 1.93. The summed E-state index contributed by atoms with van der Waals surface area (Å²) in [6.07, 6.45) is 4.67. The monoisotopic (exact) mass is 331 g/mol. The Labute approximate surface area is 135 Å². The Morgan fingerprint density at radius 3 is 2.52 bits per heavy atom. The van der Waals surface area contributed by atoms with E-state index >= 15 is 0 Å². The maximum absolute atomic E-state index is 11.7. The smallest absolute Gasteiger partial charge is 0.244 e. The Morgan fingerprint density at radius 2 is 1.91 bits per heavy atom. The first-order valence-electron chi connectivity index (χ1n) is 6.91. The Morgan fingerprint density at radius 1 is 1.17 bits per heavy atom. The minimum atomic E-state index is -3.45. The molecule has 120 valence electrons. The van der Waals surface area contributed by atoms with E-state index in [1.54, 1.807) is 24.4 Å². The Hall–Kier alpha value is -2.51. The van der Waals surface area contributed by atoms with Crippen LogP contribution in [-0.2, 0) is 21.4 Å². The van der Waals surface area contributed by atoms with Gasteiger partial charge in [0, 0.05) is 12.3 Å². The molecule has 0 unspecified atom stereocenters. The molecule has 0 saturated carbocycles. The number of benzene rings is 1. The number of sulfonamides is 1. The van der Waals surface area contributed by atoms with Gasteiger partial charge in [-0.05, 0) is 43.0 Å². The summed E-state index contributed by atoms with van der Waals surface area (Å²) >= 11 is 0. The van der Waals surface area contributed by atoms with Crippen molar-refractivity contribution in [2.75, 3.05) is 7.05 Å². The van der Waals surface area contributed by atoms with E-state index in [0.717, 1.165) is 11.3 Å². The van der Waals surface area contributed by atoms with Crippen LogP contribution in [0.2, 0.25) is 0 Å². The highest BCUT2D eigenvalue weighted by Gasteiger charge is 2.09. The van der Waals surface area contributed by atoms with Gasteiger partial charge in [0.2, 0.25) is 15.9 Å². The van der Waals surface area contributed by atoms with E-state index in [-0.39, 0.29) is 10.8 Å². The second-order valence-corrected chi connectivity index (χ2v) is 6.54. The number of carbonyl (C=O) groups is 1. The van der Waals surface area contributed by atoms with Gasteiger partial charge in [0.25, 0.3) is 0 Å². The third-order valence-electron chi connectivity index (χ3n) is 3.06. The van der Waals surface area contributed by atoms with Gasteiger partial charge in [-0.2, -0.15) is 0 Å². The molecule has 0 saturated heterocycles. The minimum absolute atomic E-state index is 0.178. The average molecular weight is 331 g/mol. The van der Waals surface area contributed by atoms with E-state index < -0.39 is 10.0 Å². The fourth-order valence-electron chi connectivity index (χ4n) is 1.79. The van der Waals surface area contributed by atoms with Crippen molar-refractivity contribution in [1.82, 2.24) is 15.0 Å². The third kappa shape index (κ3) is 5.01. The summed E-state index contributed by atoms with van der Waals surface area (Å²) in [7, 11) is -2.09. The summed E-state index contributed by atoms with van der Waals surface area (Å²) in [4.78, 5) is 16.0. The Bertz CT molecular complexity index is 785. The molecule has 0 atom stereocenters. The van der Waals surface area contributed by atoms with Crippen LogP contribution < -0.4 is 10.0 Å². The SMILES string of the molecule is CNS(=O)(=O)c1ccc(/C=C/C(=O)NCc2ccccn2)cc1. The molecule has 7 heteroatoms. The van der Waals surface area contributed by atoms with Crippen LogP contribution in [0.5, 0.6) is 0 Å². The summed E-state index contributed by atoms with van der Waals surface area (Å²) in [6.45, 7) is 0.351. The maximum Gasteiger partial charge on any atom is 0.244 e. The van der Waals surface area contributed by atoms with Crippen molar-refractivity contribution >= 4 is 22.0 Å². The van der Waals surface area contributed by atoms with Crippen LogP contribution in [0.25, 0.3) is 6.08 Å². The lowest BCUT2D eigenvalue weighted by atomic mass is 10.2. The largest absolute Gasteiger partial charge is 0.347 e. The molecule has 1 amide bonds. The molecule has 0 spiro atoms. The molecule has 0 radical (unpaired) electrons. The summed E-state index contributed by atoms with van der Waals surface area (Å²) in [5.41, 5.74) is 1.50. The van der Waals surface area contributed by atoms with Crippen LogP contribution in [0.1, 0.15) is 11.3 Å². The van der Waals surface area contributed by atoms with Crippen LogP contribution in [0.4, 0.5) is 0 Å². The third-order valence-corrected chi connectivity index (χ3v) is 4.49. The highest BCUT2D eigenvalue weighted by molar-refractivity contribution is 7.89. The molecule has 0 bridgehead atoms. The lowest BCUT2D eigenvalue weighted by Gasteiger charge is -2.03.